The zero-order valence-corrected chi connectivity index (χ0v) is 15.4. The van der Waals surface area contributed by atoms with Gasteiger partial charge in [0, 0.05) is 16.4 Å². The maximum absolute atomic E-state index is 12.8. The maximum atomic E-state index is 12.8. The summed E-state index contributed by atoms with van der Waals surface area (Å²) in [5.41, 5.74) is 0. The summed E-state index contributed by atoms with van der Waals surface area (Å²) in [6, 6.07) is 0. The molecule has 0 radical (unpaired) electrons. The third-order valence-electron chi connectivity index (χ3n) is 3.31. The molecule has 4 heteroatoms. The highest BCUT2D eigenvalue weighted by atomic mass is 33.1. The largest absolute Gasteiger partial charge is 0.239 e. The van der Waals surface area contributed by atoms with Gasteiger partial charge in [0.2, 0.25) is 6.43 Å². The highest BCUT2D eigenvalue weighted by Gasteiger charge is 2.26. The molecule has 0 aromatic heterocycles. The van der Waals surface area contributed by atoms with E-state index in [2.05, 4.69) is 34.6 Å². The number of alkyl halides is 2. The first-order valence-corrected chi connectivity index (χ1v) is 10.1. The lowest BCUT2D eigenvalue weighted by molar-refractivity contribution is 0.129. The first-order valence-electron chi connectivity index (χ1n) is 7.92. The van der Waals surface area contributed by atoms with E-state index in [9.17, 15) is 8.78 Å². The molecule has 20 heavy (non-hydrogen) atoms. The van der Waals surface area contributed by atoms with Gasteiger partial charge in [-0.2, -0.15) is 0 Å². The first-order chi connectivity index (χ1) is 9.30. The minimum atomic E-state index is -2.18. The van der Waals surface area contributed by atoms with Gasteiger partial charge >= 0.3 is 0 Å². The molecule has 0 heterocycles. The van der Waals surface area contributed by atoms with Gasteiger partial charge < -0.3 is 0 Å². The van der Waals surface area contributed by atoms with Gasteiger partial charge in [0.15, 0.2) is 0 Å². The molecule has 0 saturated carbocycles. The van der Waals surface area contributed by atoms with Crippen molar-refractivity contribution >= 4 is 21.6 Å². The molecule has 0 rings (SSSR count). The van der Waals surface area contributed by atoms with E-state index in [1.165, 1.54) is 25.7 Å². The Labute approximate surface area is 132 Å². The second-order valence-electron chi connectivity index (χ2n) is 6.47. The molecule has 0 aromatic rings. The van der Waals surface area contributed by atoms with Gasteiger partial charge in [0.1, 0.15) is 0 Å². The summed E-state index contributed by atoms with van der Waals surface area (Å²) in [6.45, 7) is 10.8. The van der Waals surface area contributed by atoms with Crippen molar-refractivity contribution in [2.45, 2.75) is 96.0 Å². The van der Waals surface area contributed by atoms with Crippen molar-refractivity contribution in [3.05, 3.63) is 0 Å². The third kappa shape index (κ3) is 11.2. The molecule has 0 nitrogen and oxygen atoms in total. The second kappa shape index (κ2) is 11.2. The molecule has 0 aliphatic carbocycles. The predicted octanol–water partition coefficient (Wildman–Crippen LogP) is 7.19. The Kier molecular flexibility index (Phi) is 11.5. The fourth-order valence-corrected chi connectivity index (χ4v) is 5.24. The van der Waals surface area contributed by atoms with Crippen LogP contribution >= 0.6 is 21.6 Å². The molecular formula is C16H32F2S2. The topological polar surface area (TPSA) is 0 Å². The van der Waals surface area contributed by atoms with Crippen molar-refractivity contribution in [1.29, 1.82) is 0 Å². The first kappa shape index (κ1) is 20.6. The summed E-state index contributed by atoms with van der Waals surface area (Å²) in [7, 11) is 3.44. The van der Waals surface area contributed by atoms with E-state index in [1.807, 2.05) is 0 Å². The van der Waals surface area contributed by atoms with Crippen LogP contribution in [0.3, 0.4) is 0 Å². The summed E-state index contributed by atoms with van der Waals surface area (Å²) in [5, 5.41) is 0.0888. The Bertz CT molecular complexity index is 227. The summed E-state index contributed by atoms with van der Waals surface area (Å²) < 4.78 is 25.8. The molecule has 122 valence electrons. The molecule has 0 bridgehead atoms. The van der Waals surface area contributed by atoms with Crippen molar-refractivity contribution in [2.75, 3.05) is 0 Å². The number of rotatable bonds is 11. The van der Waals surface area contributed by atoms with E-state index < -0.39 is 6.43 Å². The van der Waals surface area contributed by atoms with Crippen LogP contribution in [0.2, 0.25) is 0 Å². The van der Waals surface area contributed by atoms with E-state index in [4.69, 9.17) is 0 Å². The van der Waals surface area contributed by atoms with Crippen molar-refractivity contribution in [3.8, 4) is 0 Å². The molecule has 1 unspecified atom stereocenters. The van der Waals surface area contributed by atoms with Gasteiger partial charge in [-0.15, -0.1) is 0 Å². The van der Waals surface area contributed by atoms with E-state index in [0.29, 0.717) is 5.92 Å². The molecule has 0 amide bonds. The molecule has 0 aliphatic rings. The summed E-state index contributed by atoms with van der Waals surface area (Å²) in [6.07, 6.45) is 4.90. The van der Waals surface area contributed by atoms with Crippen LogP contribution in [0, 0.1) is 5.92 Å². The molecule has 0 fully saturated rings. The van der Waals surface area contributed by atoms with Crippen molar-refractivity contribution in [1.82, 2.24) is 0 Å². The van der Waals surface area contributed by atoms with Gasteiger partial charge in [-0.1, -0.05) is 88.3 Å². The van der Waals surface area contributed by atoms with Crippen LogP contribution in [0.1, 0.15) is 79.6 Å². The number of unbranched alkanes of at least 4 members (excludes halogenated alkanes) is 3. The average Bonchev–Trinajstić information content (AvgIpc) is 2.34. The molecule has 0 spiro atoms. The van der Waals surface area contributed by atoms with Gasteiger partial charge in [-0.25, -0.2) is 8.78 Å². The number of hydrogen-bond donors (Lipinski definition) is 0. The van der Waals surface area contributed by atoms with E-state index in [1.54, 1.807) is 21.6 Å². The van der Waals surface area contributed by atoms with Crippen molar-refractivity contribution in [3.63, 3.8) is 0 Å². The molecule has 2 atom stereocenters. The van der Waals surface area contributed by atoms with Crippen molar-refractivity contribution < 1.29 is 8.78 Å². The Balaban J connectivity index is 4.37. The zero-order chi connectivity index (χ0) is 15.6. The number of hydrogen-bond acceptors (Lipinski definition) is 2. The molecular weight excluding hydrogens is 294 g/mol. The van der Waals surface area contributed by atoms with Crippen LogP contribution in [0.25, 0.3) is 0 Å². The Hall–Kier alpha value is 0.560. The Morgan fingerprint density at radius 2 is 1.65 bits per heavy atom. The number of halogens is 2. The van der Waals surface area contributed by atoms with Crippen LogP contribution in [0.5, 0.6) is 0 Å². The smallest absolute Gasteiger partial charge is 0.210 e. The molecule has 0 N–H and O–H groups in total. The zero-order valence-electron chi connectivity index (χ0n) is 13.8. The van der Waals surface area contributed by atoms with Gasteiger partial charge in [-0.05, 0) is 12.3 Å². The lowest BCUT2D eigenvalue weighted by atomic mass is 9.93. The molecule has 0 saturated heterocycles. The van der Waals surface area contributed by atoms with Crippen LogP contribution in [-0.4, -0.2) is 16.4 Å². The van der Waals surface area contributed by atoms with Gasteiger partial charge in [-0.3, -0.25) is 0 Å². The monoisotopic (exact) mass is 326 g/mol. The van der Waals surface area contributed by atoms with Crippen LogP contribution in [0.4, 0.5) is 8.78 Å². The average molecular weight is 327 g/mol. The normalized spacial score (nSPS) is 15.6. The highest BCUT2D eigenvalue weighted by molar-refractivity contribution is 8.77. The van der Waals surface area contributed by atoms with E-state index in [0.717, 1.165) is 12.8 Å². The van der Waals surface area contributed by atoms with Gasteiger partial charge in [0.25, 0.3) is 0 Å². The summed E-state index contributed by atoms with van der Waals surface area (Å²) >= 11 is 0. The fourth-order valence-electron chi connectivity index (χ4n) is 2.18. The van der Waals surface area contributed by atoms with E-state index >= 15 is 0 Å². The second-order valence-corrected chi connectivity index (χ2v) is 9.74. The maximum Gasteiger partial charge on any atom is 0.239 e. The third-order valence-corrected chi connectivity index (χ3v) is 7.26. The predicted molar refractivity (Wildman–Crippen MR) is 91.9 cm³/mol. The van der Waals surface area contributed by atoms with Crippen LogP contribution < -0.4 is 0 Å². The minimum Gasteiger partial charge on any atom is -0.210 e. The molecule has 0 aromatic carbocycles. The summed E-state index contributed by atoms with van der Waals surface area (Å²) in [5.74, 6) is 0.431. The van der Waals surface area contributed by atoms with Crippen LogP contribution in [-0.2, 0) is 0 Å². The molecule has 0 aliphatic heterocycles. The lowest BCUT2D eigenvalue weighted by Crippen LogP contribution is -2.20. The standard InChI is InChI=1S/C16H32F2S2/c1-6-8-9-10-11-13(7-2)14(12-15(17)18)19-20-16(3,4)5/h13-15H,6-12H2,1-5H3/t13?,14-/m1/s1. The van der Waals surface area contributed by atoms with Crippen LogP contribution in [0.15, 0.2) is 0 Å². The minimum absolute atomic E-state index is 0.0417. The fraction of sp³-hybridized carbons (Fsp3) is 1.00. The van der Waals surface area contributed by atoms with Gasteiger partial charge in [0.05, 0.1) is 0 Å². The lowest BCUT2D eigenvalue weighted by Gasteiger charge is -2.28. The Morgan fingerprint density at radius 1 is 1.00 bits per heavy atom. The SMILES string of the molecule is CCCCCCC(CC)[C@@H](CC(F)F)SSC(C)(C)C. The van der Waals surface area contributed by atoms with E-state index in [-0.39, 0.29) is 16.4 Å². The summed E-state index contributed by atoms with van der Waals surface area (Å²) in [4.78, 5) is 0. The quantitative estimate of drug-likeness (QED) is 0.291. The highest BCUT2D eigenvalue weighted by Crippen LogP contribution is 2.44. The Morgan fingerprint density at radius 3 is 2.10 bits per heavy atom. The van der Waals surface area contributed by atoms with Crippen molar-refractivity contribution in [2.24, 2.45) is 5.92 Å².